The lowest BCUT2D eigenvalue weighted by atomic mass is 10.1. The van der Waals surface area contributed by atoms with E-state index in [4.69, 9.17) is 14.2 Å². The van der Waals surface area contributed by atoms with E-state index in [1.54, 1.807) is 80.7 Å². The number of likely N-dealkylation sites (N-methyl/N-ethyl adjacent to an activating group) is 1. The Morgan fingerprint density at radius 2 is 1.84 bits per heavy atom. The number of methoxy groups -OCH3 is 1. The second-order valence-corrected chi connectivity index (χ2v) is 8.94. The Balaban J connectivity index is 1.49. The van der Waals surface area contributed by atoms with Gasteiger partial charge in [0.15, 0.2) is 16.7 Å². The van der Waals surface area contributed by atoms with Gasteiger partial charge in [-0.2, -0.15) is 0 Å². The van der Waals surface area contributed by atoms with Crippen molar-refractivity contribution in [2.24, 2.45) is 4.99 Å². The largest absolute Gasteiger partial charge is 0.493 e. The fraction of sp³-hybridized carbons (Fsp3) is 0.179. The Morgan fingerprint density at radius 3 is 2.54 bits per heavy atom. The van der Waals surface area contributed by atoms with Crippen molar-refractivity contribution >= 4 is 40.6 Å². The quantitative estimate of drug-likeness (QED) is 0.275. The van der Waals surface area contributed by atoms with Crippen molar-refractivity contribution in [3.05, 3.63) is 94.1 Å². The molecular formula is C28H25FN2O5S. The van der Waals surface area contributed by atoms with Crippen LogP contribution in [-0.4, -0.2) is 42.7 Å². The number of aliphatic imine (C=N–C) groups is 1. The summed E-state index contributed by atoms with van der Waals surface area (Å²) < 4.78 is 30.1. The molecule has 4 rings (SSSR count). The number of rotatable bonds is 8. The lowest BCUT2D eigenvalue weighted by Crippen LogP contribution is -2.23. The van der Waals surface area contributed by atoms with Crippen molar-refractivity contribution in [3.63, 3.8) is 0 Å². The molecule has 0 radical (unpaired) electrons. The molecule has 3 aromatic carbocycles. The Kier molecular flexibility index (Phi) is 8.25. The molecule has 0 saturated carbocycles. The molecule has 0 aromatic heterocycles. The highest BCUT2D eigenvalue weighted by molar-refractivity contribution is 8.18. The number of ether oxygens (including phenoxy) is 3. The normalized spacial score (nSPS) is 15.4. The van der Waals surface area contributed by atoms with Gasteiger partial charge in [0.2, 0.25) is 0 Å². The Bertz CT molecular complexity index is 1370. The van der Waals surface area contributed by atoms with E-state index in [1.165, 1.54) is 29.8 Å². The summed E-state index contributed by atoms with van der Waals surface area (Å²) in [6, 6.07) is 18.4. The van der Waals surface area contributed by atoms with Gasteiger partial charge >= 0.3 is 5.97 Å². The first kappa shape index (κ1) is 26.0. The standard InChI is InChI=1S/C28H25FN2O5S/c1-4-35-27(33)19-10-12-21(13-11-19)30-28-31(2)26(32)25(37-28)16-18-9-14-23(24(15-18)34-3)36-17-20-7-5-6-8-22(20)29/h5-16H,4,17H2,1-3H3/b25-16-,30-28?. The predicted octanol–water partition coefficient (Wildman–Crippen LogP) is 5.82. The molecule has 0 bridgehead atoms. The first-order valence-electron chi connectivity index (χ1n) is 11.5. The molecule has 190 valence electrons. The molecule has 1 aliphatic rings. The summed E-state index contributed by atoms with van der Waals surface area (Å²) in [5.41, 5.74) is 2.22. The molecule has 3 aromatic rings. The van der Waals surface area contributed by atoms with Gasteiger partial charge in [0.1, 0.15) is 12.4 Å². The van der Waals surface area contributed by atoms with E-state index in [-0.39, 0.29) is 18.3 Å². The van der Waals surface area contributed by atoms with Crippen LogP contribution < -0.4 is 9.47 Å². The Hall–Kier alpha value is -4.11. The molecule has 1 saturated heterocycles. The maximum atomic E-state index is 13.9. The van der Waals surface area contributed by atoms with E-state index in [0.717, 1.165) is 5.56 Å². The van der Waals surface area contributed by atoms with Gasteiger partial charge in [-0.1, -0.05) is 24.3 Å². The van der Waals surface area contributed by atoms with Crippen LogP contribution in [0.3, 0.4) is 0 Å². The third-order valence-corrected chi connectivity index (χ3v) is 6.49. The number of hydrogen-bond acceptors (Lipinski definition) is 7. The van der Waals surface area contributed by atoms with Crippen molar-refractivity contribution in [3.8, 4) is 11.5 Å². The van der Waals surface area contributed by atoms with E-state index in [0.29, 0.717) is 45.0 Å². The second-order valence-electron chi connectivity index (χ2n) is 7.93. The van der Waals surface area contributed by atoms with E-state index in [2.05, 4.69) is 4.99 Å². The molecule has 7 nitrogen and oxygen atoms in total. The van der Waals surface area contributed by atoms with E-state index in [1.807, 2.05) is 0 Å². The third kappa shape index (κ3) is 6.18. The topological polar surface area (TPSA) is 77.4 Å². The monoisotopic (exact) mass is 520 g/mol. The minimum atomic E-state index is -0.395. The zero-order chi connectivity index (χ0) is 26.4. The SMILES string of the molecule is CCOC(=O)c1ccc(N=C2S/C(=C\c3ccc(OCc4ccccc4F)c(OC)c3)C(=O)N2C)cc1. The zero-order valence-electron chi connectivity index (χ0n) is 20.6. The fourth-order valence-electron chi connectivity index (χ4n) is 3.46. The molecule has 0 unspecified atom stereocenters. The van der Waals surface area contributed by atoms with Crippen LogP contribution in [0.4, 0.5) is 10.1 Å². The van der Waals surface area contributed by atoms with Gasteiger partial charge in [0.05, 0.1) is 29.9 Å². The number of amidine groups is 1. The summed E-state index contributed by atoms with van der Waals surface area (Å²) in [5.74, 6) is 0.00408. The molecule has 1 aliphatic heterocycles. The van der Waals surface area contributed by atoms with Crippen molar-refractivity contribution in [1.29, 1.82) is 0 Å². The summed E-state index contributed by atoms with van der Waals surface area (Å²) >= 11 is 1.24. The van der Waals surface area contributed by atoms with Gasteiger partial charge in [0, 0.05) is 12.6 Å². The number of carbonyl (C=O) groups excluding carboxylic acids is 2. The summed E-state index contributed by atoms with van der Waals surface area (Å²) in [6.45, 7) is 2.11. The number of carbonyl (C=O) groups is 2. The molecule has 37 heavy (non-hydrogen) atoms. The maximum absolute atomic E-state index is 13.9. The van der Waals surface area contributed by atoms with E-state index in [9.17, 15) is 14.0 Å². The number of amides is 1. The summed E-state index contributed by atoms with van der Waals surface area (Å²) in [4.78, 5) is 31.2. The first-order chi connectivity index (χ1) is 17.9. The number of thioether (sulfide) groups is 1. The highest BCUT2D eigenvalue weighted by Crippen LogP contribution is 2.35. The van der Waals surface area contributed by atoms with E-state index < -0.39 is 5.97 Å². The lowest BCUT2D eigenvalue weighted by Gasteiger charge is -2.12. The zero-order valence-corrected chi connectivity index (χ0v) is 21.4. The summed E-state index contributed by atoms with van der Waals surface area (Å²) in [6.07, 6.45) is 1.75. The van der Waals surface area contributed by atoms with Crippen LogP contribution in [0.25, 0.3) is 6.08 Å². The average Bonchev–Trinajstić information content (AvgIpc) is 3.16. The Labute approximate surface area is 218 Å². The average molecular weight is 521 g/mol. The molecule has 9 heteroatoms. The number of nitrogens with zero attached hydrogens (tertiary/aromatic N) is 2. The number of esters is 1. The lowest BCUT2D eigenvalue weighted by molar-refractivity contribution is -0.121. The summed E-state index contributed by atoms with van der Waals surface area (Å²) in [5, 5.41) is 0.511. The van der Waals surface area contributed by atoms with E-state index >= 15 is 0 Å². The molecule has 1 fully saturated rings. The molecular weight excluding hydrogens is 495 g/mol. The summed E-state index contributed by atoms with van der Waals surface area (Å²) in [7, 11) is 3.17. The van der Waals surface area contributed by atoms with Crippen LogP contribution in [0.15, 0.2) is 76.6 Å². The van der Waals surface area contributed by atoms with Crippen LogP contribution in [0, 0.1) is 5.82 Å². The van der Waals surface area contributed by atoms with Crippen molar-refractivity contribution in [2.75, 3.05) is 20.8 Å². The minimum Gasteiger partial charge on any atom is -0.493 e. The maximum Gasteiger partial charge on any atom is 0.338 e. The predicted molar refractivity (Wildman–Crippen MR) is 142 cm³/mol. The molecule has 0 spiro atoms. The van der Waals surface area contributed by atoms with Crippen molar-refractivity contribution < 1.29 is 28.2 Å². The van der Waals surface area contributed by atoms with Crippen LogP contribution in [-0.2, 0) is 16.1 Å². The highest BCUT2D eigenvalue weighted by Gasteiger charge is 2.30. The molecule has 0 N–H and O–H groups in total. The second kappa shape index (κ2) is 11.7. The molecule has 1 amide bonds. The smallest absolute Gasteiger partial charge is 0.338 e. The van der Waals surface area contributed by atoms with Crippen LogP contribution >= 0.6 is 11.8 Å². The van der Waals surface area contributed by atoms with Crippen LogP contribution in [0.2, 0.25) is 0 Å². The van der Waals surface area contributed by atoms with Gasteiger partial charge in [-0.3, -0.25) is 9.69 Å². The number of benzene rings is 3. The minimum absolute atomic E-state index is 0.0587. The Morgan fingerprint density at radius 1 is 1.08 bits per heavy atom. The van der Waals surface area contributed by atoms with Gasteiger partial charge in [-0.15, -0.1) is 0 Å². The number of halogens is 1. The number of hydrogen-bond donors (Lipinski definition) is 0. The van der Waals surface area contributed by atoms with Crippen LogP contribution in [0.1, 0.15) is 28.4 Å². The van der Waals surface area contributed by atoms with Gasteiger partial charge in [-0.25, -0.2) is 14.2 Å². The van der Waals surface area contributed by atoms with Gasteiger partial charge in [-0.05, 0) is 72.8 Å². The fourth-order valence-corrected chi connectivity index (χ4v) is 4.45. The van der Waals surface area contributed by atoms with Crippen LogP contribution in [0.5, 0.6) is 11.5 Å². The van der Waals surface area contributed by atoms with Crippen molar-refractivity contribution in [1.82, 2.24) is 4.90 Å². The first-order valence-corrected chi connectivity index (χ1v) is 12.3. The molecule has 0 aliphatic carbocycles. The molecule has 0 atom stereocenters. The highest BCUT2D eigenvalue weighted by atomic mass is 32.2. The van der Waals surface area contributed by atoms with Gasteiger partial charge < -0.3 is 14.2 Å². The van der Waals surface area contributed by atoms with Crippen molar-refractivity contribution in [2.45, 2.75) is 13.5 Å². The molecule has 1 heterocycles. The van der Waals surface area contributed by atoms with Gasteiger partial charge in [0.25, 0.3) is 5.91 Å². The third-order valence-electron chi connectivity index (χ3n) is 5.43.